The van der Waals surface area contributed by atoms with E-state index in [1.807, 2.05) is 0 Å². The minimum atomic E-state index is 0.215. The van der Waals surface area contributed by atoms with Gasteiger partial charge in [0.05, 0.1) is 0 Å². The normalized spacial score (nSPS) is 27.6. The van der Waals surface area contributed by atoms with Crippen LogP contribution in [0.15, 0.2) is 0 Å². The van der Waals surface area contributed by atoms with Crippen LogP contribution in [0.2, 0.25) is 0 Å². The third kappa shape index (κ3) is 3.44. The highest BCUT2D eigenvalue weighted by Gasteiger charge is 2.36. The maximum absolute atomic E-state index is 9.13. The van der Waals surface area contributed by atoms with E-state index in [2.05, 4.69) is 44.5 Å². The highest BCUT2D eigenvalue weighted by Crippen LogP contribution is 2.25. The lowest BCUT2D eigenvalue weighted by molar-refractivity contribution is -0.0182. The van der Waals surface area contributed by atoms with Crippen molar-refractivity contribution in [3.05, 3.63) is 0 Å². The summed E-state index contributed by atoms with van der Waals surface area (Å²) in [5.41, 5.74) is 0.215. The van der Waals surface area contributed by atoms with Gasteiger partial charge in [0.25, 0.3) is 0 Å². The number of hydrogen-bond acceptors (Lipinski definition) is 3. The summed E-state index contributed by atoms with van der Waals surface area (Å²) in [5.74, 6) is 0.717. The smallest absolute Gasteiger partial charge is 0.0446 e. The molecule has 0 bridgehead atoms. The lowest BCUT2D eigenvalue weighted by Crippen LogP contribution is -2.62. The van der Waals surface area contributed by atoms with E-state index in [9.17, 15) is 0 Å². The molecule has 1 N–H and O–H groups in total. The highest BCUT2D eigenvalue weighted by molar-refractivity contribution is 4.93. The molecule has 3 nitrogen and oxygen atoms in total. The molecule has 0 aromatic heterocycles. The first-order valence-corrected chi connectivity index (χ1v) is 6.43. The van der Waals surface area contributed by atoms with Gasteiger partial charge < -0.3 is 5.11 Å². The van der Waals surface area contributed by atoms with E-state index in [1.54, 1.807) is 0 Å². The molecule has 1 heterocycles. The third-order valence-electron chi connectivity index (χ3n) is 3.67. The largest absolute Gasteiger partial charge is 0.396 e. The standard InChI is InChI=1S/C13H28N2O/c1-11(2)8-15-9-12(6-7-16)14(5)13(3,4)10-15/h11-12,16H,6-10H2,1-5H3. The van der Waals surface area contributed by atoms with E-state index in [4.69, 9.17) is 5.11 Å². The highest BCUT2D eigenvalue weighted by atomic mass is 16.3. The molecule has 0 spiro atoms. The third-order valence-corrected chi connectivity index (χ3v) is 3.67. The van der Waals surface area contributed by atoms with Crippen LogP contribution in [-0.4, -0.2) is 59.8 Å². The molecule has 0 aliphatic carbocycles. The van der Waals surface area contributed by atoms with Gasteiger partial charge in [0.15, 0.2) is 0 Å². The van der Waals surface area contributed by atoms with Gasteiger partial charge in [-0.25, -0.2) is 0 Å². The summed E-state index contributed by atoms with van der Waals surface area (Å²) in [7, 11) is 2.19. The van der Waals surface area contributed by atoms with Crippen molar-refractivity contribution < 1.29 is 5.11 Å². The van der Waals surface area contributed by atoms with Crippen molar-refractivity contribution in [3.63, 3.8) is 0 Å². The van der Waals surface area contributed by atoms with E-state index in [0.717, 1.165) is 19.5 Å². The molecule has 96 valence electrons. The zero-order chi connectivity index (χ0) is 12.3. The quantitative estimate of drug-likeness (QED) is 0.788. The summed E-state index contributed by atoms with van der Waals surface area (Å²) in [5, 5.41) is 9.13. The molecule has 3 heteroatoms. The number of aliphatic hydroxyl groups excluding tert-OH is 1. The Morgan fingerprint density at radius 2 is 2.00 bits per heavy atom. The van der Waals surface area contributed by atoms with Crippen molar-refractivity contribution in [1.82, 2.24) is 9.80 Å². The van der Waals surface area contributed by atoms with Crippen LogP contribution in [0.1, 0.15) is 34.1 Å². The zero-order valence-electron chi connectivity index (χ0n) is 11.5. The van der Waals surface area contributed by atoms with Crippen molar-refractivity contribution in [3.8, 4) is 0 Å². The topological polar surface area (TPSA) is 26.7 Å². The Labute approximate surface area is 100 Å². The van der Waals surface area contributed by atoms with Crippen molar-refractivity contribution in [2.75, 3.05) is 33.3 Å². The molecule has 0 saturated carbocycles. The van der Waals surface area contributed by atoms with Gasteiger partial charge in [-0.05, 0) is 33.2 Å². The Balaban J connectivity index is 2.65. The van der Waals surface area contributed by atoms with Crippen LogP contribution in [0, 0.1) is 5.92 Å². The Hall–Kier alpha value is -0.120. The number of nitrogens with zero attached hydrogens (tertiary/aromatic N) is 2. The SMILES string of the molecule is CC(C)CN1CC(CCO)N(C)C(C)(C)C1. The number of rotatable bonds is 4. The van der Waals surface area contributed by atoms with Gasteiger partial charge >= 0.3 is 0 Å². The molecule has 0 aromatic rings. The lowest BCUT2D eigenvalue weighted by Gasteiger charge is -2.50. The van der Waals surface area contributed by atoms with E-state index >= 15 is 0 Å². The number of hydrogen-bond donors (Lipinski definition) is 1. The first-order valence-electron chi connectivity index (χ1n) is 6.43. The minimum absolute atomic E-state index is 0.215. The predicted molar refractivity (Wildman–Crippen MR) is 68.6 cm³/mol. The van der Waals surface area contributed by atoms with Crippen LogP contribution in [0.4, 0.5) is 0 Å². The summed E-state index contributed by atoms with van der Waals surface area (Å²) in [6.07, 6.45) is 0.883. The zero-order valence-corrected chi connectivity index (χ0v) is 11.5. The van der Waals surface area contributed by atoms with Gasteiger partial charge in [0.2, 0.25) is 0 Å². The minimum Gasteiger partial charge on any atom is -0.396 e. The Morgan fingerprint density at radius 3 is 2.50 bits per heavy atom. The molecule has 1 rings (SSSR count). The van der Waals surface area contributed by atoms with Crippen molar-refractivity contribution in [1.29, 1.82) is 0 Å². The van der Waals surface area contributed by atoms with E-state index in [1.165, 1.54) is 6.54 Å². The fraction of sp³-hybridized carbons (Fsp3) is 1.00. The second kappa shape index (κ2) is 5.48. The van der Waals surface area contributed by atoms with Gasteiger partial charge in [0.1, 0.15) is 0 Å². The first kappa shape index (κ1) is 13.9. The summed E-state index contributed by atoms with van der Waals surface area (Å²) in [6, 6.07) is 0.493. The summed E-state index contributed by atoms with van der Waals surface area (Å²) in [6.45, 7) is 12.8. The maximum Gasteiger partial charge on any atom is 0.0446 e. The van der Waals surface area contributed by atoms with Crippen LogP contribution in [-0.2, 0) is 0 Å². The first-order chi connectivity index (χ1) is 7.36. The molecule has 0 radical (unpaired) electrons. The van der Waals surface area contributed by atoms with Crippen LogP contribution in [0.5, 0.6) is 0 Å². The average molecular weight is 228 g/mol. The molecule has 1 saturated heterocycles. The summed E-state index contributed by atoms with van der Waals surface area (Å²) >= 11 is 0. The average Bonchev–Trinajstić information content (AvgIpc) is 2.12. The number of likely N-dealkylation sites (N-methyl/N-ethyl adjacent to an activating group) is 1. The van der Waals surface area contributed by atoms with Gasteiger partial charge in [-0.15, -0.1) is 0 Å². The molecule has 1 atom stereocenters. The molecule has 1 unspecified atom stereocenters. The molecule has 16 heavy (non-hydrogen) atoms. The van der Waals surface area contributed by atoms with E-state index < -0.39 is 0 Å². The van der Waals surface area contributed by atoms with Crippen molar-refractivity contribution >= 4 is 0 Å². The Kier molecular flexibility index (Phi) is 4.77. The summed E-state index contributed by atoms with van der Waals surface area (Å²) < 4.78 is 0. The van der Waals surface area contributed by atoms with Gasteiger partial charge in [-0.3, -0.25) is 9.80 Å². The van der Waals surface area contributed by atoms with Crippen LogP contribution in [0.25, 0.3) is 0 Å². The molecule has 1 aliphatic rings. The second-order valence-electron chi connectivity index (χ2n) is 6.18. The Morgan fingerprint density at radius 1 is 1.38 bits per heavy atom. The van der Waals surface area contributed by atoms with Gasteiger partial charge in [0, 0.05) is 37.8 Å². The van der Waals surface area contributed by atoms with E-state index in [-0.39, 0.29) is 5.54 Å². The molecule has 1 aliphatic heterocycles. The van der Waals surface area contributed by atoms with Crippen LogP contribution < -0.4 is 0 Å². The maximum atomic E-state index is 9.13. The van der Waals surface area contributed by atoms with Gasteiger partial charge in [-0.2, -0.15) is 0 Å². The molecular weight excluding hydrogens is 200 g/mol. The molecule has 0 aromatic carbocycles. The number of piperazine rings is 1. The summed E-state index contributed by atoms with van der Waals surface area (Å²) in [4.78, 5) is 4.98. The monoisotopic (exact) mass is 228 g/mol. The van der Waals surface area contributed by atoms with Crippen molar-refractivity contribution in [2.45, 2.75) is 45.7 Å². The van der Waals surface area contributed by atoms with Gasteiger partial charge in [-0.1, -0.05) is 13.8 Å². The van der Waals surface area contributed by atoms with Crippen LogP contribution >= 0.6 is 0 Å². The number of aliphatic hydroxyl groups is 1. The van der Waals surface area contributed by atoms with Crippen molar-refractivity contribution in [2.24, 2.45) is 5.92 Å². The lowest BCUT2D eigenvalue weighted by atomic mass is 9.93. The fourth-order valence-corrected chi connectivity index (χ4v) is 2.73. The second-order valence-corrected chi connectivity index (χ2v) is 6.18. The fourth-order valence-electron chi connectivity index (χ4n) is 2.73. The molecular formula is C13H28N2O. The molecule has 1 fully saturated rings. The van der Waals surface area contributed by atoms with E-state index in [0.29, 0.717) is 18.6 Å². The van der Waals surface area contributed by atoms with Crippen LogP contribution in [0.3, 0.4) is 0 Å². The predicted octanol–water partition coefficient (Wildman–Crippen LogP) is 1.42. The molecule has 0 amide bonds. The Bertz CT molecular complexity index is 216.